The summed E-state index contributed by atoms with van der Waals surface area (Å²) >= 11 is 0. The summed E-state index contributed by atoms with van der Waals surface area (Å²) in [7, 11) is 0. The molecule has 0 fully saturated rings. The zero-order chi connectivity index (χ0) is 15.8. The highest BCUT2D eigenvalue weighted by molar-refractivity contribution is 5.89. The van der Waals surface area contributed by atoms with Crippen molar-refractivity contribution in [3.63, 3.8) is 0 Å². The Morgan fingerprint density at radius 3 is 2.05 bits per heavy atom. The molecule has 0 aromatic heterocycles. The molecule has 1 atom stereocenters. The molecule has 0 saturated carbocycles. The molecule has 0 spiro atoms. The van der Waals surface area contributed by atoms with Crippen LogP contribution in [0.25, 0.3) is 0 Å². The van der Waals surface area contributed by atoms with Gasteiger partial charge in [0.1, 0.15) is 0 Å². The molecule has 112 valence electrons. The summed E-state index contributed by atoms with van der Waals surface area (Å²) in [6.45, 7) is 5.14. The van der Waals surface area contributed by atoms with Gasteiger partial charge in [-0.2, -0.15) is 13.2 Å². The van der Waals surface area contributed by atoms with Crippen molar-refractivity contribution >= 4 is 11.7 Å². The van der Waals surface area contributed by atoms with Crippen molar-refractivity contribution in [2.45, 2.75) is 39.4 Å². The van der Waals surface area contributed by atoms with Crippen LogP contribution < -0.4 is 5.32 Å². The van der Waals surface area contributed by atoms with E-state index in [0.29, 0.717) is 5.56 Å². The van der Waals surface area contributed by atoms with Crippen LogP contribution in [0.1, 0.15) is 26.3 Å². The van der Waals surface area contributed by atoms with Gasteiger partial charge in [-0.05, 0) is 18.9 Å². The van der Waals surface area contributed by atoms with Gasteiger partial charge in [0, 0.05) is 0 Å². The maximum Gasteiger partial charge on any atom is 0.471 e. The SMILES string of the molecule is CC.CC(=O)[C@H](Cc1ccccc1)NC(=O)C(F)(F)F. The lowest BCUT2D eigenvalue weighted by Gasteiger charge is -2.17. The van der Waals surface area contributed by atoms with Gasteiger partial charge in [0.05, 0.1) is 6.04 Å². The third-order valence-corrected chi connectivity index (χ3v) is 2.34. The van der Waals surface area contributed by atoms with E-state index < -0.39 is 23.9 Å². The molecule has 3 nitrogen and oxygen atoms in total. The lowest BCUT2D eigenvalue weighted by atomic mass is 10.0. The second-order valence-corrected chi connectivity index (χ2v) is 3.82. The summed E-state index contributed by atoms with van der Waals surface area (Å²) in [5.74, 6) is -2.62. The summed E-state index contributed by atoms with van der Waals surface area (Å²) in [4.78, 5) is 22.0. The number of nitrogens with one attached hydrogen (secondary N) is 1. The zero-order valence-corrected chi connectivity index (χ0v) is 11.6. The number of hydrogen-bond acceptors (Lipinski definition) is 2. The quantitative estimate of drug-likeness (QED) is 0.926. The first-order valence-electron chi connectivity index (χ1n) is 6.23. The zero-order valence-electron chi connectivity index (χ0n) is 11.6. The molecule has 1 aromatic carbocycles. The smallest absolute Gasteiger partial charge is 0.338 e. The second-order valence-electron chi connectivity index (χ2n) is 3.82. The van der Waals surface area contributed by atoms with E-state index >= 15 is 0 Å². The minimum atomic E-state index is -4.98. The Morgan fingerprint density at radius 2 is 1.65 bits per heavy atom. The Bertz CT molecular complexity index is 430. The number of amides is 1. The monoisotopic (exact) mass is 289 g/mol. The molecular weight excluding hydrogens is 271 g/mol. The maximum atomic E-state index is 12.1. The fourth-order valence-corrected chi connectivity index (χ4v) is 1.39. The summed E-state index contributed by atoms with van der Waals surface area (Å²) in [6.07, 6.45) is -4.94. The molecule has 0 aliphatic carbocycles. The van der Waals surface area contributed by atoms with Crippen LogP contribution in [0.5, 0.6) is 0 Å². The van der Waals surface area contributed by atoms with Gasteiger partial charge in [0.25, 0.3) is 0 Å². The Balaban J connectivity index is 0.00000172. The third kappa shape index (κ3) is 6.36. The fraction of sp³-hybridized carbons (Fsp3) is 0.429. The number of ketones is 1. The van der Waals surface area contributed by atoms with Crippen LogP contribution in [-0.2, 0) is 16.0 Å². The molecular formula is C14H18F3NO2. The van der Waals surface area contributed by atoms with Gasteiger partial charge in [0.15, 0.2) is 5.78 Å². The minimum absolute atomic E-state index is 0.0397. The first-order valence-corrected chi connectivity index (χ1v) is 6.23. The van der Waals surface area contributed by atoms with E-state index in [1.165, 1.54) is 0 Å². The predicted molar refractivity (Wildman–Crippen MR) is 70.2 cm³/mol. The molecule has 1 amide bonds. The number of hydrogen-bond donors (Lipinski definition) is 1. The van der Waals surface area contributed by atoms with Crippen LogP contribution in [0.4, 0.5) is 13.2 Å². The normalized spacial score (nSPS) is 11.9. The molecule has 0 radical (unpaired) electrons. The number of benzene rings is 1. The second kappa shape index (κ2) is 8.35. The highest BCUT2D eigenvalue weighted by Gasteiger charge is 2.40. The van der Waals surface area contributed by atoms with Crippen molar-refractivity contribution in [2.24, 2.45) is 0 Å². The van der Waals surface area contributed by atoms with Crippen LogP contribution in [0.2, 0.25) is 0 Å². The van der Waals surface area contributed by atoms with Gasteiger partial charge in [0.2, 0.25) is 0 Å². The van der Waals surface area contributed by atoms with Crippen LogP contribution >= 0.6 is 0 Å². The molecule has 0 saturated heterocycles. The maximum absolute atomic E-state index is 12.1. The van der Waals surface area contributed by atoms with Gasteiger partial charge in [-0.15, -0.1) is 0 Å². The highest BCUT2D eigenvalue weighted by atomic mass is 19.4. The van der Waals surface area contributed by atoms with Crippen molar-refractivity contribution in [2.75, 3.05) is 0 Å². The highest BCUT2D eigenvalue weighted by Crippen LogP contribution is 2.15. The van der Waals surface area contributed by atoms with E-state index in [1.54, 1.807) is 35.6 Å². The molecule has 1 rings (SSSR count). The first kappa shape index (κ1) is 18.1. The molecule has 1 aromatic rings. The summed E-state index contributed by atoms with van der Waals surface area (Å²) in [5, 5.41) is 1.69. The number of carbonyl (C=O) groups excluding carboxylic acids is 2. The van der Waals surface area contributed by atoms with Gasteiger partial charge in [-0.1, -0.05) is 44.2 Å². The van der Waals surface area contributed by atoms with Crippen molar-refractivity contribution in [3.8, 4) is 0 Å². The number of alkyl halides is 3. The van der Waals surface area contributed by atoms with Gasteiger partial charge >= 0.3 is 12.1 Å². The van der Waals surface area contributed by atoms with Gasteiger partial charge in [-0.25, -0.2) is 0 Å². The summed E-state index contributed by atoms with van der Waals surface area (Å²) in [6, 6.07) is 7.35. The van der Waals surface area contributed by atoms with Crippen molar-refractivity contribution in [1.82, 2.24) is 5.32 Å². The first-order chi connectivity index (χ1) is 9.30. The number of halogens is 3. The Morgan fingerprint density at radius 1 is 1.15 bits per heavy atom. The average Bonchev–Trinajstić information content (AvgIpc) is 2.40. The molecule has 1 N–H and O–H groups in total. The minimum Gasteiger partial charge on any atom is -0.338 e. The molecule has 6 heteroatoms. The number of rotatable bonds is 4. The largest absolute Gasteiger partial charge is 0.471 e. The predicted octanol–water partition coefficient (Wildman–Crippen LogP) is 2.89. The summed E-state index contributed by atoms with van der Waals surface area (Å²) < 4.78 is 36.3. The van der Waals surface area contributed by atoms with E-state index in [2.05, 4.69) is 0 Å². The lowest BCUT2D eigenvalue weighted by Crippen LogP contribution is -2.47. The van der Waals surface area contributed by atoms with E-state index in [0.717, 1.165) is 6.92 Å². The molecule has 0 aliphatic rings. The average molecular weight is 289 g/mol. The number of carbonyl (C=O) groups is 2. The standard InChI is InChI=1S/C12H12F3NO2.C2H6/c1-8(17)10(16-11(18)12(13,14)15)7-9-5-3-2-4-6-9;1-2/h2-6,10H,7H2,1H3,(H,16,18);1-2H3/t10-;/m0./s1. The lowest BCUT2D eigenvalue weighted by molar-refractivity contribution is -0.174. The van der Waals surface area contributed by atoms with Crippen LogP contribution in [0, 0.1) is 0 Å². The van der Waals surface area contributed by atoms with Crippen LogP contribution in [0.15, 0.2) is 30.3 Å². The molecule has 0 unspecified atom stereocenters. The Hall–Kier alpha value is -1.85. The number of Topliss-reactive ketones (excluding diaryl/α,β-unsaturated/α-hetero) is 1. The van der Waals surface area contributed by atoms with Crippen molar-refractivity contribution in [1.29, 1.82) is 0 Å². The topological polar surface area (TPSA) is 46.2 Å². The van der Waals surface area contributed by atoms with Crippen molar-refractivity contribution < 1.29 is 22.8 Å². The van der Waals surface area contributed by atoms with Crippen LogP contribution in [0.3, 0.4) is 0 Å². The molecule has 0 heterocycles. The third-order valence-electron chi connectivity index (χ3n) is 2.34. The van der Waals surface area contributed by atoms with Crippen molar-refractivity contribution in [3.05, 3.63) is 35.9 Å². The van der Waals surface area contributed by atoms with E-state index in [-0.39, 0.29) is 6.42 Å². The fourth-order valence-electron chi connectivity index (χ4n) is 1.39. The van der Waals surface area contributed by atoms with Crippen LogP contribution in [-0.4, -0.2) is 23.9 Å². The Kier molecular flexibility index (Phi) is 7.57. The molecule has 0 aliphatic heterocycles. The molecule has 20 heavy (non-hydrogen) atoms. The van der Waals surface area contributed by atoms with Gasteiger partial charge in [-0.3, -0.25) is 9.59 Å². The van der Waals surface area contributed by atoms with E-state index in [4.69, 9.17) is 0 Å². The van der Waals surface area contributed by atoms with Gasteiger partial charge < -0.3 is 5.32 Å². The van der Waals surface area contributed by atoms with E-state index in [1.807, 2.05) is 13.8 Å². The van der Waals surface area contributed by atoms with E-state index in [9.17, 15) is 22.8 Å². The molecule has 0 bridgehead atoms. The summed E-state index contributed by atoms with van der Waals surface area (Å²) in [5.41, 5.74) is 0.681. The Labute approximate surface area is 116 Å².